The molecule has 1 aromatic carbocycles. The smallest absolute Gasteiger partial charge is 0.276 e. The highest BCUT2D eigenvalue weighted by Crippen LogP contribution is 2.14. The Balaban J connectivity index is 2.54. The number of hydrogen-bond acceptors (Lipinski definition) is 3. The highest BCUT2D eigenvalue weighted by Gasteiger charge is 2.30. The number of nitrogens with zero attached hydrogens (tertiary/aromatic N) is 1. The van der Waals surface area contributed by atoms with Crippen LogP contribution < -0.4 is 15.0 Å². The first-order chi connectivity index (χ1) is 10.8. The number of rotatable bonds is 8. The molecule has 0 aliphatic rings. The molecule has 0 aliphatic carbocycles. The summed E-state index contributed by atoms with van der Waals surface area (Å²) < 4.78 is 5.42. The van der Waals surface area contributed by atoms with Gasteiger partial charge in [0, 0.05) is 5.56 Å². The summed E-state index contributed by atoms with van der Waals surface area (Å²) >= 11 is 0. The number of amides is 1. The van der Waals surface area contributed by atoms with Crippen LogP contribution in [-0.2, 0) is 11.3 Å². The maximum atomic E-state index is 12.2. The molecule has 0 radical (unpaired) electrons. The summed E-state index contributed by atoms with van der Waals surface area (Å²) in [6.45, 7) is 9.30. The first-order valence-corrected chi connectivity index (χ1v) is 8.06. The molecule has 2 N–H and O–H groups in total. The van der Waals surface area contributed by atoms with Gasteiger partial charge in [-0.05, 0) is 44.0 Å². The number of nitrogens with one attached hydrogen (secondary N) is 2. The molecule has 5 heteroatoms. The van der Waals surface area contributed by atoms with Crippen molar-refractivity contribution in [1.82, 2.24) is 5.32 Å². The molecule has 126 valence electrons. The number of carbonyl (C=O) groups is 1. The van der Waals surface area contributed by atoms with Gasteiger partial charge >= 0.3 is 0 Å². The maximum Gasteiger partial charge on any atom is 0.276 e. The number of hydrogen-bond donors (Lipinski definition) is 2. The lowest BCUT2D eigenvalue weighted by Crippen LogP contribution is -3.09. The van der Waals surface area contributed by atoms with E-state index in [0.717, 1.165) is 22.8 Å². The third-order valence-corrected chi connectivity index (χ3v) is 3.99. The summed E-state index contributed by atoms with van der Waals surface area (Å²) in [4.78, 5) is 13.2. The lowest BCUT2D eigenvalue weighted by molar-refractivity contribution is -0.885. The summed E-state index contributed by atoms with van der Waals surface area (Å²) in [5, 5.41) is 12.1. The van der Waals surface area contributed by atoms with Crippen molar-refractivity contribution in [2.45, 2.75) is 39.8 Å². The molecule has 0 fully saturated rings. The summed E-state index contributed by atoms with van der Waals surface area (Å²) in [7, 11) is 1.97. The van der Waals surface area contributed by atoms with E-state index in [1.54, 1.807) is 6.92 Å². The minimum Gasteiger partial charge on any atom is -0.494 e. The lowest BCUT2D eigenvalue weighted by atomic mass is 9.90. The zero-order chi connectivity index (χ0) is 17.5. The van der Waals surface area contributed by atoms with Gasteiger partial charge in [-0.1, -0.05) is 13.8 Å². The van der Waals surface area contributed by atoms with Gasteiger partial charge in [0.25, 0.3) is 5.91 Å². The van der Waals surface area contributed by atoms with Crippen LogP contribution in [0.15, 0.2) is 24.3 Å². The molecule has 0 heterocycles. The summed E-state index contributed by atoms with van der Waals surface area (Å²) in [5.74, 6) is 0.808. The molecule has 0 spiro atoms. The van der Waals surface area contributed by atoms with Gasteiger partial charge < -0.3 is 15.0 Å². The van der Waals surface area contributed by atoms with Crippen molar-refractivity contribution in [3.05, 3.63) is 29.8 Å². The maximum absolute atomic E-state index is 12.2. The van der Waals surface area contributed by atoms with E-state index in [4.69, 9.17) is 4.74 Å². The normalized spacial score (nSPS) is 14.7. The second-order valence-corrected chi connectivity index (χ2v) is 6.40. The number of quaternary nitrogens is 1. The molecule has 23 heavy (non-hydrogen) atoms. The van der Waals surface area contributed by atoms with Gasteiger partial charge in [-0.3, -0.25) is 4.79 Å². The van der Waals surface area contributed by atoms with Crippen LogP contribution >= 0.6 is 0 Å². The Hall–Kier alpha value is -2.06. The number of carbonyl (C=O) groups excluding carboxylic acids is 1. The second kappa shape index (κ2) is 8.54. The van der Waals surface area contributed by atoms with Crippen LogP contribution in [0.5, 0.6) is 5.75 Å². The Labute approximate surface area is 139 Å². The number of ether oxygens (including phenoxy) is 1. The summed E-state index contributed by atoms with van der Waals surface area (Å²) in [6, 6.07) is 10.1. The molecule has 5 nitrogen and oxygen atoms in total. The summed E-state index contributed by atoms with van der Waals surface area (Å²) in [5.41, 5.74) is 0.321. The van der Waals surface area contributed by atoms with E-state index in [-0.39, 0.29) is 11.8 Å². The highest BCUT2D eigenvalue weighted by molar-refractivity contribution is 5.78. The van der Waals surface area contributed by atoms with Crippen LogP contribution in [0.4, 0.5) is 0 Å². The third-order valence-electron chi connectivity index (χ3n) is 3.99. The van der Waals surface area contributed by atoms with Crippen molar-refractivity contribution in [2.75, 3.05) is 20.2 Å². The lowest BCUT2D eigenvalue weighted by Gasteiger charge is -2.27. The molecule has 1 unspecified atom stereocenters. The molecule has 0 saturated heterocycles. The van der Waals surface area contributed by atoms with Gasteiger partial charge in [0.15, 0.2) is 6.54 Å². The first kappa shape index (κ1) is 19.0. The minimum absolute atomic E-state index is 0.0582. The zero-order valence-electron chi connectivity index (χ0n) is 14.8. The molecule has 1 amide bonds. The molecule has 0 saturated carbocycles. The SMILES string of the molecule is CCOc1ccc(C[NH+](C)CC(=O)N[C@@](C)(C#N)C(C)C)cc1. The van der Waals surface area contributed by atoms with E-state index in [0.29, 0.717) is 13.2 Å². The third kappa shape index (κ3) is 5.91. The monoisotopic (exact) mass is 318 g/mol. The predicted molar refractivity (Wildman–Crippen MR) is 90.1 cm³/mol. The van der Waals surface area contributed by atoms with Crippen LogP contribution in [0, 0.1) is 17.2 Å². The Bertz CT molecular complexity index is 548. The molecule has 0 bridgehead atoms. The first-order valence-electron chi connectivity index (χ1n) is 8.06. The second-order valence-electron chi connectivity index (χ2n) is 6.40. The average molecular weight is 318 g/mol. The van der Waals surface area contributed by atoms with Crippen LogP contribution in [0.2, 0.25) is 0 Å². The van der Waals surface area contributed by atoms with E-state index >= 15 is 0 Å². The largest absolute Gasteiger partial charge is 0.494 e. The van der Waals surface area contributed by atoms with Gasteiger partial charge in [-0.2, -0.15) is 5.26 Å². The molecule has 0 aromatic heterocycles. The van der Waals surface area contributed by atoms with Crippen LogP contribution in [-0.4, -0.2) is 31.6 Å². The van der Waals surface area contributed by atoms with Gasteiger partial charge in [0.1, 0.15) is 17.8 Å². The van der Waals surface area contributed by atoms with E-state index in [1.165, 1.54) is 0 Å². The number of nitriles is 1. The predicted octanol–water partition coefficient (Wildman–Crippen LogP) is 1.15. The topological polar surface area (TPSA) is 66.6 Å². The van der Waals surface area contributed by atoms with Gasteiger partial charge in [0.05, 0.1) is 19.7 Å². The standard InChI is InChI=1S/C18H27N3O2/c1-6-23-16-9-7-15(8-10-16)11-21(5)12-17(22)20-18(4,13-19)14(2)3/h7-10,14H,6,11-12H2,1-5H3,(H,20,22)/p+1/t18-/m0/s1. The van der Waals surface area contributed by atoms with Crippen LogP contribution in [0.1, 0.15) is 33.3 Å². The Morgan fingerprint density at radius 3 is 2.48 bits per heavy atom. The fourth-order valence-corrected chi connectivity index (χ4v) is 2.19. The molecular formula is C18H28N3O2+. The Kier molecular flexibility index (Phi) is 7.05. The van der Waals surface area contributed by atoms with E-state index < -0.39 is 5.54 Å². The quantitative estimate of drug-likeness (QED) is 0.756. The minimum atomic E-state index is -0.823. The van der Waals surface area contributed by atoms with E-state index in [1.807, 2.05) is 52.1 Å². The van der Waals surface area contributed by atoms with Crippen LogP contribution in [0.3, 0.4) is 0 Å². The summed E-state index contributed by atoms with van der Waals surface area (Å²) in [6.07, 6.45) is 0. The highest BCUT2D eigenvalue weighted by atomic mass is 16.5. The van der Waals surface area contributed by atoms with Crippen LogP contribution in [0.25, 0.3) is 0 Å². The van der Waals surface area contributed by atoms with Crippen molar-refractivity contribution >= 4 is 5.91 Å². The molecule has 2 atom stereocenters. The van der Waals surface area contributed by atoms with E-state index in [2.05, 4.69) is 11.4 Å². The Morgan fingerprint density at radius 1 is 1.39 bits per heavy atom. The van der Waals surface area contributed by atoms with Gasteiger partial charge in [-0.25, -0.2) is 0 Å². The molecular weight excluding hydrogens is 290 g/mol. The van der Waals surface area contributed by atoms with Crippen molar-refractivity contribution in [3.8, 4) is 11.8 Å². The number of likely N-dealkylation sites (N-methyl/N-ethyl adjacent to an activating group) is 1. The average Bonchev–Trinajstić information content (AvgIpc) is 2.48. The van der Waals surface area contributed by atoms with Crippen molar-refractivity contribution < 1.29 is 14.4 Å². The zero-order valence-corrected chi connectivity index (χ0v) is 14.8. The van der Waals surface area contributed by atoms with Gasteiger partial charge in [-0.15, -0.1) is 0 Å². The van der Waals surface area contributed by atoms with Crippen molar-refractivity contribution in [1.29, 1.82) is 5.26 Å². The van der Waals surface area contributed by atoms with Crippen molar-refractivity contribution in [2.24, 2.45) is 5.92 Å². The molecule has 0 aliphatic heterocycles. The fourth-order valence-electron chi connectivity index (χ4n) is 2.19. The molecule has 1 aromatic rings. The Morgan fingerprint density at radius 2 is 2.00 bits per heavy atom. The van der Waals surface area contributed by atoms with E-state index in [9.17, 15) is 10.1 Å². The molecule has 1 rings (SSSR count). The van der Waals surface area contributed by atoms with Gasteiger partial charge in [0.2, 0.25) is 0 Å². The fraction of sp³-hybridized carbons (Fsp3) is 0.556. The number of benzene rings is 1. The van der Waals surface area contributed by atoms with Crippen molar-refractivity contribution in [3.63, 3.8) is 0 Å².